The van der Waals surface area contributed by atoms with Crippen molar-refractivity contribution in [2.24, 2.45) is 0 Å². The van der Waals surface area contributed by atoms with Crippen LogP contribution < -0.4 is 5.32 Å². The Kier molecular flexibility index (Phi) is 5.48. The Morgan fingerprint density at radius 2 is 2.00 bits per heavy atom. The van der Waals surface area contributed by atoms with Gasteiger partial charge >= 0.3 is 6.18 Å². The van der Waals surface area contributed by atoms with Crippen LogP contribution in [0.15, 0.2) is 42.1 Å². The number of hydrogen-bond acceptors (Lipinski definition) is 4. The van der Waals surface area contributed by atoms with Crippen molar-refractivity contribution in [2.75, 3.05) is 20.3 Å². The Balaban J connectivity index is 2.26. The Bertz CT molecular complexity index is 676. The fourth-order valence-electron chi connectivity index (χ4n) is 2.38. The molecule has 1 aliphatic rings. The number of benzene rings is 1. The van der Waals surface area contributed by atoms with Crippen LogP contribution in [0.5, 0.6) is 0 Å². The molecule has 1 aromatic carbocycles. The summed E-state index contributed by atoms with van der Waals surface area (Å²) < 4.78 is 44.4. The lowest BCUT2D eigenvalue weighted by molar-refractivity contribution is -0.310. The fourth-order valence-corrected chi connectivity index (χ4v) is 2.38. The zero-order valence-corrected chi connectivity index (χ0v) is 13.3. The van der Waals surface area contributed by atoms with Crippen molar-refractivity contribution >= 4 is 11.8 Å². The van der Waals surface area contributed by atoms with Crippen LogP contribution in [0.4, 0.5) is 13.2 Å². The van der Waals surface area contributed by atoms with Gasteiger partial charge < -0.3 is 15.2 Å². The molecule has 0 unspecified atom stereocenters. The number of carbonyl (C=O) groups is 2. The van der Waals surface area contributed by atoms with Crippen LogP contribution in [0.25, 0.3) is 0 Å². The normalized spacial score (nSPS) is 21.1. The number of carbonyl (C=O) groups excluding carboxylic acids is 2. The molecule has 0 fully saturated rings. The molecule has 2 rings (SSSR count). The second kappa shape index (κ2) is 7.24. The highest BCUT2D eigenvalue weighted by Gasteiger charge is 2.60. The highest BCUT2D eigenvalue weighted by molar-refractivity contribution is 6.03. The molecule has 0 saturated heterocycles. The predicted octanol–water partition coefficient (Wildman–Crippen LogP) is 1.43. The molecule has 0 bridgehead atoms. The maximum atomic E-state index is 13.2. The largest absolute Gasteiger partial charge is 0.437 e. The molecule has 6 nitrogen and oxygen atoms in total. The highest BCUT2D eigenvalue weighted by Crippen LogP contribution is 2.39. The first kappa shape index (κ1) is 18.9. The summed E-state index contributed by atoms with van der Waals surface area (Å²) in [4.78, 5) is 24.8. The predicted molar refractivity (Wildman–Crippen MR) is 81.2 cm³/mol. The van der Waals surface area contributed by atoms with Crippen LogP contribution in [0.3, 0.4) is 0 Å². The Morgan fingerprint density at radius 3 is 2.56 bits per heavy atom. The van der Waals surface area contributed by atoms with Crippen molar-refractivity contribution in [1.29, 1.82) is 0 Å². The zero-order valence-electron chi connectivity index (χ0n) is 13.3. The lowest BCUT2D eigenvalue weighted by Crippen LogP contribution is -2.64. The summed E-state index contributed by atoms with van der Waals surface area (Å²) >= 11 is 0. The van der Waals surface area contributed by atoms with Crippen molar-refractivity contribution < 1.29 is 32.6 Å². The van der Waals surface area contributed by atoms with Gasteiger partial charge in [-0.15, -0.1) is 0 Å². The van der Waals surface area contributed by atoms with Crippen LogP contribution in [0, 0.1) is 0 Å². The molecule has 0 aromatic heterocycles. The molecule has 136 valence electrons. The molecule has 1 heterocycles. The Labute approximate surface area is 141 Å². The number of halogens is 3. The third kappa shape index (κ3) is 3.83. The molecule has 0 radical (unpaired) electrons. The van der Waals surface area contributed by atoms with Crippen molar-refractivity contribution in [1.82, 2.24) is 10.2 Å². The summed E-state index contributed by atoms with van der Waals surface area (Å²) in [7, 11) is 1.26. The van der Waals surface area contributed by atoms with E-state index in [9.17, 15) is 27.9 Å². The first-order chi connectivity index (χ1) is 11.7. The molecular weight excluding hydrogens is 341 g/mol. The van der Waals surface area contributed by atoms with Gasteiger partial charge in [0.1, 0.15) is 5.70 Å². The van der Waals surface area contributed by atoms with Crippen LogP contribution >= 0.6 is 0 Å². The van der Waals surface area contributed by atoms with Crippen LogP contribution in [0.2, 0.25) is 0 Å². The van der Waals surface area contributed by atoms with Gasteiger partial charge in [-0.05, 0) is 18.2 Å². The van der Waals surface area contributed by atoms with E-state index >= 15 is 0 Å². The van der Waals surface area contributed by atoms with Gasteiger partial charge in [-0.3, -0.25) is 14.5 Å². The molecule has 1 aliphatic heterocycles. The minimum absolute atomic E-state index is 0.204. The van der Waals surface area contributed by atoms with Crippen LogP contribution in [-0.4, -0.2) is 54.0 Å². The standard InChI is InChI=1S/C16H17F3N2O4/c1-25-10-9-21-14(23)12(7-8-15(21,24)16(17,18)19)20-13(22)11-5-3-2-4-6-11/h2-7,24H,8-10H2,1H3,(H,20,22)/t15-/m0/s1. The summed E-state index contributed by atoms with van der Waals surface area (Å²) in [5.41, 5.74) is -3.42. The molecule has 2 amide bonds. The van der Waals surface area contributed by atoms with E-state index in [1.54, 1.807) is 18.2 Å². The van der Waals surface area contributed by atoms with E-state index in [0.717, 1.165) is 6.08 Å². The van der Waals surface area contributed by atoms with E-state index in [1.165, 1.54) is 19.2 Å². The quantitative estimate of drug-likeness (QED) is 0.835. The second-order valence-electron chi connectivity index (χ2n) is 5.41. The number of nitrogens with one attached hydrogen (secondary N) is 1. The number of ether oxygens (including phenoxy) is 1. The maximum absolute atomic E-state index is 13.2. The Hall–Kier alpha value is -2.39. The molecule has 0 saturated carbocycles. The van der Waals surface area contributed by atoms with Gasteiger partial charge in [0.25, 0.3) is 11.8 Å². The van der Waals surface area contributed by atoms with E-state index < -0.39 is 36.7 Å². The molecule has 25 heavy (non-hydrogen) atoms. The molecule has 1 atom stereocenters. The smallest absolute Gasteiger partial charge is 0.383 e. The summed E-state index contributed by atoms with van der Waals surface area (Å²) in [6.45, 7) is -0.687. The van der Waals surface area contributed by atoms with Gasteiger partial charge in [0.2, 0.25) is 5.72 Å². The highest BCUT2D eigenvalue weighted by atomic mass is 19.4. The van der Waals surface area contributed by atoms with Gasteiger partial charge in [0, 0.05) is 25.6 Å². The first-order valence-corrected chi connectivity index (χ1v) is 7.37. The maximum Gasteiger partial charge on any atom is 0.437 e. The van der Waals surface area contributed by atoms with Crippen molar-refractivity contribution in [3.63, 3.8) is 0 Å². The van der Waals surface area contributed by atoms with Gasteiger partial charge in [-0.1, -0.05) is 18.2 Å². The molecular formula is C16H17F3N2O4. The van der Waals surface area contributed by atoms with Gasteiger partial charge in [-0.25, -0.2) is 0 Å². The summed E-state index contributed by atoms with van der Waals surface area (Å²) in [6, 6.07) is 7.91. The van der Waals surface area contributed by atoms with Crippen LogP contribution in [0.1, 0.15) is 16.8 Å². The lowest BCUT2D eigenvalue weighted by Gasteiger charge is -2.42. The summed E-state index contributed by atoms with van der Waals surface area (Å²) in [6.07, 6.45) is -5.07. The average Bonchev–Trinajstić information content (AvgIpc) is 2.57. The van der Waals surface area contributed by atoms with E-state index in [4.69, 9.17) is 4.74 Å². The summed E-state index contributed by atoms with van der Waals surface area (Å²) in [5.74, 6) is -1.77. The van der Waals surface area contributed by atoms with Gasteiger partial charge in [0.15, 0.2) is 0 Å². The van der Waals surface area contributed by atoms with Crippen molar-refractivity contribution in [3.05, 3.63) is 47.7 Å². The third-order valence-corrected chi connectivity index (χ3v) is 3.77. The monoisotopic (exact) mass is 358 g/mol. The van der Waals surface area contributed by atoms with Crippen molar-refractivity contribution in [3.8, 4) is 0 Å². The number of amides is 2. The van der Waals surface area contributed by atoms with Gasteiger partial charge in [0.05, 0.1) is 6.61 Å². The SMILES string of the molecule is COCCN1C(=O)C(NC(=O)c2ccccc2)=CC[C@]1(O)C(F)(F)F. The minimum atomic E-state index is -5.05. The first-order valence-electron chi connectivity index (χ1n) is 7.37. The molecule has 1 aromatic rings. The fraction of sp³-hybridized carbons (Fsp3) is 0.375. The molecule has 0 spiro atoms. The van der Waals surface area contributed by atoms with Gasteiger partial charge in [-0.2, -0.15) is 13.2 Å². The topological polar surface area (TPSA) is 78.9 Å². The van der Waals surface area contributed by atoms with Crippen molar-refractivity contribution in [2.45, 2.75) is 18.3 Å². The second-order valence-corrected chi connectivity index (χ2v) is 5.41. The number of rotatable bonds is 5. The summed E-state index contributed by atoms with van der Waals surface area (Å²) in [5, 5.41) is 12.3. The number of alkyl halides is 3. The number of nitrogens with zero attached hydrogens (tertiary/aromatic N) is 1. The van der Waals surface area contributed by atoms with Crippen LogP contribution in [-0.2, 0) is 9.53 Å². The zero-order chi connectivity index (χ0) is 18.7. The van der Waals surface area contributed by atoms with E-state index in [2.05, 4.69) is 5.32 Å². The molecule has 0 aliphatic carbocycles. The minimum Gasteiger partial charge on any atom is -0.383 e. The lowest BCUT2D eigenvalue weighted by atomic mass is 10.00. The average molecular weight is 358 g/mol. The van der Waals surface area contributed by atoms with E-state index in [1.807, 2.05) is 0 Å². The Morgan fingerprint density at radius 1 is 1.36 bits per heavy atom. The third-order valence-electron chi connectivity index (χ3n) is 3.77. The number of aliphatic hydroxyl groups is 1. The van der Waals surface area contributed by atoms with E-state index in [-0.39, 0.29) is 22.8 Å². The molecule has 2 N–H and O–H groups in total. The van der Waals surface area contributed by atoms with E-state index in [0.29, 0.717) is 0 Å². The molecule has 9 heteroatoms. The number of methoxy groups -OCH3 is 1. The number of hydrogen-bond donors (Lipinski definition) is 2.